The topological polar surface area (TPSA) is 62.2 Å². The summed E-state index contributed by atoms with van der Waals surface area (Å²) >= 11 is 0. The molecule has 0 atom stereocenters. The van der Waals surface area contributed by atoms with Crippen molar-refractivity contribution >= 4 is 5.91 Å². The zero-order valence-electron chi connectivity index (χ0n) is 16.2. The fourth-order valence-electron chi connectivity index (χ4n) is 4.33. The summed E-state index contributed by atoms with van der Waals surface area (Å²) in [6, 6.07) is 14.9. The first-order valence-corrected chi connectivity index (χ1v) is 10.1. The minimum absolute atomic E-state index is 0.00642. The van der Waals surface area contributed by atoms with Gasteiger partial charge >= 0.3 is 0 Å². The maximum absolute atomic E-state index is 12.9. The van der Waals surface area contributed by atoms with Crippen LogP contribution in [-0.4, -0.2) is 62.9 Å². The van der Waals surface area contributed by atoms with Crippen LogP contribution in [0.15, 0.2) is 61.1 Å². The molecule has 146 valence electrons. The van der Waals surface area contributed by atoms with E-state index in [9.17, 15) is 4.79 Å². The van der Waals surface area contributed by atoms with Gasteiger partial charge in [0.2, 0.25) is 0 Å². The zero-order valence-corrected chi connectivity index (χ0v) is 16.2. The Morgan fingerprint density at radius 3 is 2.10 bits per heavy atom. The fraction of sp³-hybridized carbons (Fsp3) is 0.304. The van der Waals surface area contributed by atoms with Crippen LogP contribution < -0.4 is 0 Å². The fourth-order valence-corrected chi connectivity index (χ4v) is 4.33. The van der Waals surface area contributed by atoms with Crippen molar-refractivity contribution in [3.05, 3.63) is 77.7 Å². The van der Waals surface area contributed by atoms with Gasteiger partial charge in [-0.15, -0.1) is 0 Å². The van der Waals surface area contributed by atoms with Gasteiger partial charge in [0.05, 0.1) is 5.56 Å². The molecular formula is C23H23N5O. The van der Waals surface area contributed by atoms with Crippen molar-refractivity contribution in [2.45, 2.75) is 18.9 Å². The summed E-state index contributed by atoms with van der Waals surface area (Å²) in [5, 5.41) is 0. The summed E-state index contributed by atoms with van der Waals surface area (Å²) in [7, 11) is 0. The van der Waals surface area contributed by atoms with E-state index in [2.05, 4.69) is 44.1 Å². The molecule has 0 N–H and O–H groups in total. The average molecular weight is 385 g/mol. The van der Waals surface area contributed by atoms with E-state index < -0.39 is 0 Å². The molecule has 3 heterocycles. The van der Waals surface area contributed by atoms with Gasteiger partial charge in [0.15, 0.2) is 5.82 Å². The van der Waals surface area contributed by atoms with E-state index in [0.29, 0.717) is 23.1 Å². The number of pyridine rings is 1. The Morgan fingerprint density at radius 2 is 1.48 bits per heavy atom. The van der Waals surface area contributed by atoms with Gasteiger partial charge in [0, 0.05) is 50.8 Å². The number of carbonyl (C=O) groups excluding carboxylic acids is 1. The van der Waals surface area contributed by atoms with Crippen LogP contribution in [0.2, 0.25) is 0 Å². The summed E-state index contributed by atoms with van der Waals surface area (Å²) < 4.78 is 0. The third-order valence-corrected chi connectivity index (χ3v) is 5.94. The number of aromatic nitrogens is 3. The Hall–Kier alpha value is -3.12. The molecule has 3 aromatic rings. The molecule has 2 aliphatic rings. The minimum Gasteiger partial charge on any atom is -0.336 e. The molecule has 5 rings (SSSR count). The smallest absolute Gasteiger partial charge is 0.257 e. The standard InChI is InChI=1S/C23H23N5O/c29-23(19-15-25-22(26-16-19)21-7-3-4-8-24-21)28-11-9-27(10-12-28)20-13-17-5-1-2-6-18(17)14-20/h1-8,15-16,20H,9-14H2. The maximum Gasteiger partial charge on any atom is 0.257 e. The lowest BCUT2D eigenvalue weighted by molar-refractivity contribution is 0.0575. The maximum atomic E-state index is 12.9. The number of piperazine rings is 1. The lowest BCUT2D eigenvalue weighted by atomic mass is 10.1. The molecule has 2 aromatic heterocycles. The molecule has 1 fully saturated rings. The molecule has 0 bridgehead atoms. The highest BCUT2D eigenvalue weighted by Gasteiger charge is 2.30. The van der Waals surface area contributed by atoms with E-state index in [1.54, 1.807) is 18.6 Å². The van der Waals surface area contributed by atoms with Crippen LogP contribution in [0, 0.1) is 0 Å². The number of fused-ring (bicyclic) bond motifs is 1. The Balaban J connectivity index is 1.20. The van der Waals surface area contributed by atoms with Gasteiger partial charge < -0.3 is 4.90 Å². The van der Waals surface area contributed by atoms with Crippen molar-refractivity contribution < 1.29 is 4.79 Å². The van der Waals surface area contributed by atoms with Gasteiger partial charge in [-0.1, -0.05) is 30.3 Å². The zero-order chi connectivity index (χ0) is 19.6. The predicted molar refractivity (Wildman–Crippen MR) is 110 cm³/mol. The first-order chi connectivity index (χ1) is 14.3. The van der Waals surface area contributed by atoms with E-state index in [-0.39, 0.29) is 5.91 Å². The van der Waals surface area contributed by atoms with E-state index in [4.69, 9.17) is 0 Å². The summed E-state index contributed by atoms with van der Waals surface area (Å²) in [5.41, 5.74) is 4.19. The van der Waals surface area contributed by atoms with Gasteiger partial charge in [-0.25, -0.2) is 9.97 Å². The van der Waals surface area contributed by atoms with Crippen molar-refractivity contribution in [1.29, 1.82) is 0 Å². The van der Waals surface area contributed by atoms with E-state index >= 15 is 0 Å². The monoisotopic (exact) mass is 385 g/mol. The van der Waals surface area contributed by atoms with E-state index in [0.717, 1.165) is 39.0 Å². The first-order valence-electron chi connectivity index (χ1n) is 10.1. The van der Waals surface area contributed by atoms with Crippen molar-refractivity contribution in [3.63, 3.8) is 0 Å². The van der Waals surface area contributed by atoms with Crippen molar-refractivity contribution in [2.24, 2.45) is 0 Å². The molecule has 6 nitrogen and oxygen atoms in total. The molecule has 0 spiro atoms. The Kier molecular flexibility index (Phi) is 4.77. The molecule has 29 heavy (non-hydrogen) atoms. The average Bonchev–Trinajstić information content (AvgIpc) is 3.24. The lowest BCUT2D eigenvalue weighted by Crippen LogP contribution is -2.52. The summed E-state index contributed by atoms with van der Waals surface area (Å²) in [4.78, 5) is 30.2. The molecule has 1 aliphatic carbocycles. The summed E-state index contributed by atoms with van der Waals surface area (Å²) in [6.45, 7) is 3.32. The third kappa shape index (κ3) is 3.63. The Morgan fingerprint density at radius 1 is 0.828 bits per heavy atom. The summed E-state index contributed by atoms with van der Waals surface area (Å²) in [6.07, 6.45) is 7.17. The van der Waals surface area contributed by atoms with Gasteiger partial charge in [-0.2, -0.15) is 0 Å². The van der Waals surface area contributed by atoms with Gasteiger partial charge in [0.1, 0.15) is 5.69 Å². The SMILES string of the molecule is O=C(c1cnc(-c2ccccn2)nc1)N1CCN(C2Cc3ccccc3C2)CC1. The minimum atomic E-state index is 0.00642. The number of amides is 1. The molecule has 1 saturated heterocycles. The first kappa shape index (κ1) is 17.9. The van der Waals surface area contributed by atoms with E-state index in [1.807, 2.05) is 23.1 Å². The third-order valence-electron chi connectivity index (χ3n) is 5.94. The van der Waals surface area contributed by atoms with Crippen LogP contribution in [0.4, 0.5) is 0 Å². The highest BCUT2D eigenvalue weighted by Crippen LogP contribution is 2.26. The van der Waals surface area contributed by atoms with Crippen LogP contribution in [0.5, 0.6) is 0 Å². The number of hydrogen-bond donors (Lipinski definition) is 0. The van der Waals surface area contributed by atoms with Crippen molar-refractivity contribution in [2.75, 3.05) is 26.2 Å². The largest absolute Gasteiger partial charge is 0.336 e. The van der Waals surface area contributed by atoms with Gasteiger partial charge in [-0.05, 0) is 36.1 Å². The number of carbonyl (C=O) groups is 1. The van der Waals surface area contributed by atoms with Crippen LogP contribution in [-0.2, 0) is 12.8 Å². The molecule has 0 radical (unpaired) electrons. The molecule has 6 heteroatoms. The molecular weight excluding hydrogens is 362 g/mol. The van der Waals surface area contributed by atoms with Crippen LogP contribution >= 0.6 is 0 Å². The van der Waals surface area contributed by atoms with Crippen LogP contribution in [0.1, 0.15) is 21.5 Å². The highest BCUT2D eigenvalue weighted by atomic mass is 16.2. The Labute approximate surface area is 170 Å². The normalized spacial score (nSPS) is 17.3. The van der Waals surface area contributed by atoms with Gasteiger partial charge in [-0.3, -0.25) is 14.7 Å². The number of benzene rings is 1. The van der Waals surface area contributed by atoms with Crippen molar-refractivity contribution in [3.8, 4) is 11.5 Å². The van der Waals surface area contributed by atoms with Crippen LogP contribution in [0.25, 0.3) is 11.5 Å². The number of nitrogens with zero attached hydrogens (tertiary/aromatic N) is 5. The second kappa shape index (κ2) is 7.72. The quantitative estimate of drug-likeness (QED) is 0.693. The molecule has 1 aliphatic heterocycles. The lowest BCUT2D eigenvalue weighted by Gasteiger charge is -2.38. The highest BCUT2D eigenvalue weighted by molar-refractivity contribution is 5.93. The van der Waals surface area contributed by atoms with Crippen LogP contribution in [0.3, 0.4) is 0 Å². The van der Waals surface area contributed by atoms with E-state index in [1.165, 1.54) is 11.1 Å². The second-order valence-corrected chi connectivity index (χ2v) is 7.67. The number of hydrogen-bond acceptors (Lipinski definition) is 5. The predicted octanol–water partition coefficient (Wildman–Crippen LogP) is 2.46. The second-order valence-electron chi connectivity index (χ2n) is 7.67. The molecule has 0 saturated carbocycles. The Bertz CT molecular complexity index is 972. The molecule has 1 aromatic carbocycles. The molecule has 0 unspecified atom stereocenters. The number of rotatable bonds is 3. The van der Waals surface area contributed by atoms with Gasteiger partial charge in [0.25, 0.3) is 5.91 Å². The molecule has 1 amide bonds. The summed E-state index contributed by atoms with van der Waals surface area (Å²) in [5.74, 6) is 0.541. The van der Waals surface area contributed by atoms with Crippen molar-refractivity contribution in [1.82, 2.24) is 24.8 Å².